The number of imide groups is 2. The Balaban J connectivity index is 1.31. The monoisotopic (exact) mass is 717 g/mol. The summed E-state index contributed by atoms with van der Waals surface area (Å²) in [6.07, 6.45) is 1.92. The van der Waals surface area contributed by atoms with Gasteiger partial charge >= 0.3 is 0 Å². The lowest BCUT2D eigenvalue weighted by molar-refractivity contribution is -0.138. The fourth-order valence-corrected chi connectivity index (χ4v) is 9.30. The van der Waals surface area contributed by atoms with E-state index in [2.05, 4.69) is 20.8 Å². The lowest BCUT2D eigenvalue weighted by Gasteiger charge is -2.50. The van der Waals surface area contributed by atoms with Crippen LogP contribution >= 0.6 is 39.1 Å². The van der Waals surface area contributed by atoms with Crippen LogP contribution in [0.2, 0.25) is 0 Å². The fraction of sp³-hybridized carbons (Fsp3) is 0.438. The molecule has 0 unspecified atom stereocenters. The Hall–Kier alpha value is -3.12. The van der Waals surface area contributed by atoms with Crippen molar-refractivity contribution in [3.63, 3.8) is 0 Å². The molecule has 3 heterocycles. The van der Waals surface area contributed by atoms with Gasteiger partial charge in [0.2, 0.25) is 11.8 Å². The van der Waals surface area contributed by atoms with Crippen molar-refractivity contribution in [1.82, 2.24) is 4.90 Å². The molecule has 0 spiro atoms. The fourth-order valence-electron chi connectivity index (χ4n) is 7.88. The second kappa shape index (κ2) is 11.0. The lowest BCUT2D eigenvalue weighted by atomic mass is 9.56. The van der Waals surface area contributed by atoms with Crippen LogP contribution in [0.5, 0.6) is 11.5 Å². The summed E-state index contributed by atoms with van der Waals surface area (Å²) in [6.45, 7) is 2.77. The number of methoxy groups -OCH3 is 1. The van der Waals surface area contributed by atoms with Gasteiger partial charge in [0.15, 0.2) is 9.75 Å². The van der Waals surface area contributed by atoms with Crippen molar-refractivity contribution in [1.29, 1.82) is 0 Å². The first-order chi connectivity index (χ1) is 21.6. The molecule has 0 bridgehead atoms. The minimum atomic E-state index is -2.01. The van der Waals surface area contributed by atoms with Gasteiger partial charge in [-0.2, -0.15) is 0 Å². The quantitative estimate of drug-likeness (QED) is 0.212. The van der Waals surface area contributed by atoms with Gasteiger partial charge in [-0.1, -0.05) is 27.6 Å². The molecule has 45 heavy (non-hydrogen) atoms. The Morgan fingerprint density at radius 1 is 0.978 bits per heavy atom. The number of nitrogens with zero attached hydrogens (tertiary/aromatic N) is 3. The first-order valence-electron chi connectivity index (χ1n) is 14.7. The number of amides is 4. The number of morpholine rings is 1. The number of carbonyl (C=O) groups excluding carboxylic acids is 4. The highest BCUT2D eigenvalue weighted by atomic mass is 79.9. The van der Waals surface area contributed by atoms with E-state index in [-0.39, 0.29) is 35.5 Å². The van der Waals surface area contributed by atoms with Crippen LogP contribution in [0.15, 0.2) is 54.1 Å². The first-order valence-corrected chi connectivity index (χ1v) is 16.6. The van der Waals surface area contributed by atoms with E-state index >= 15 is 0 Å². The van der Waals surface area contributed by atoms with Crippen molar-refractivity contribution in [2.45, 2.75) is 28.5 Å². The number of phenols is 1. The normalized spacial score (nSPS) is 32.8. The van der Waals surface area contributed by atoms with Gasteiger partial charge in [-0.25, -0.2) is 0 Å². The van der Waals surface area contributed by atoms with Crippen LogP contribution < -0.4 is 14.5 Å². The predicted octanol–water partition coefficient (Wildman–Crippen LogP) is 4.15. The minimum Gasteiger partial charge on any atom is -0.508 e. The number of hydrogen-bond acceptors (Lipinski definition) is 8. The average Bonchev–Trinajstić information content (AvgIpc) is 3.39. The molecular formula is C32H30BrCl2N3O7. The van der Waals surface area contributed by atoms with Crippen LogP contribution in [0.3, 0.4) is 0 Å². The zero-order valence-corrected chi connectivity index (χ0v) is 27.3. The molecule has 13 heteroatoms. The second-order valence-corrected chi connectivity index (χ2v) is 13.8. The molecular weight excluding hydrogens is 689 g/mol. The summed E-state index contributed by atoms with van der Waals surface area (Å²) in [5.41, 5.74) is 2.13. The third kappa shape index (κ3) is 4.23. The number of carbonyl (C=O) groups is 4. The maximum Gasteiger partial charge on any atom is 0.254 e. The summed E-state index contributed by atoms with van der Waals surface area (Å²) in [5.74, 6) is -5.22. The van der Waals surface area contributed by atoms with Gasteiger partial charge in [-0.3, -0.25) is 29.0 Å². The number of likely N-dealkylation sites (tertiary alicyclic amines) is 1. The molecule has 0 radical (unpaired) electrons. The number of anilines is 2. The number of rotatable bonds is 5. The topological polar surface area (TPSA) is 117 Å². The standard InChI is InChI=1S/C32H30BrCl2N3O7/c1-44-19-6-9-24(39)22(14-19)26-20-7-8-21-25(23(20)15-31(34)29(42)37(16-33)30(43)32(26,31)35)28(41)38(27(21)40)18-4-2-17(3-5-18)36-10-12-45-13-11-36/h2-7,9,14,21,23,25-26,39H,8,10-13,15-16H2,1H3/t21-,23+,25-,26+,31+,32-/m0/s1. The third-order valence-electron chi connectivity index (χ3n) is 10.0. The molecule has 3 saturated heterocycles. The van der Waals surface area contributed by atoms with E-state index in [4.69, 9.17) is 32.7 Å². The molecule has 2 aromatic carbocycles. The minimum absolute atomic E-state index is 0.133. The zero-order chi connectivity index (χ0) is 31.8. The van der Waals surface area contributed by atoms with Gasteiger partial charge in [0.1, 0.15) is 11.5 Å². The zero-order valence-electron chi connectivity index (χ0n) is 24.3. The highest BCUT2D eigenvalue weighted by Gasteiger charge is 2.76. The van der Waals surface area contributed by atoms with E-state index in [1.807, 2.05) is 18.2 Å². The van der Waals surface area contributed by atoms with Crippen molar-refractivity contribution in [3.8, 4) is 11.5 Å². The number of aromatic hydroxyl groups is 1. The molecule has 2 aliphatic carbocycles. The maximum atomic E-state index is 14.3. The predicted molar refractivity (Wildman–Crippen MR) is 170 cm³/mol. The van der Waals surface area contributed by atoms with Crippen LogP contribution in [0, 0.1) is 17.8 Å². The number of hydrogen-bond donors (Lipinski definition) is 1. The Kier molecular flexibility index (Phi) is 7.46. The molecule has 4 fully saturated rings. The highest BCUT2D eigenvalue weighted by molar-refractivity contribution is 9.09. The average molecular weight is 719 g/mol. The van der Waals surface area contributed by atoms with Gasteiger partial charge in [0, 0.05) is 30.3 Å². The number of benzene rings is 2. The number of phenolic OH excluding ortho intramolecular Hbond substituents is 1. The second-order valence-electron chi connectivity index (χ2n) is 12.0. The summed E-state index contributed by atoms with van der Waals surface area (Å²) in [5, 5.41) is 11.1. The molecule has 0 aromatic heterocycles. The number of fused-ring (bicyclic) bond motifs is 4. The summed E-state index contributed by atoms with van der Waals surface area (Å²) in [7, 11) is 1.47. The van der Waals surface area contributed by atoms with Gasteiger partial charge in [-0.15, -0.1) is 23.2 Å². The van der Waals surface area contributed by atoms with Crippen LogP contribution in [0.1, 0.15) is 24.3 Å². The molecule has 5 aliphatic rings. The molecule has 3 aliphatic heterocycles. The SMILES string of the molecule is COc1ccc(O)c([C@H]2C3=CC[C@@H]4C(=O)N(c5ccc(N6CCOCC6)cc5)C(=O)[C@@H]4[C@@H]3C[C@@]3(Cl)C(=O)N(CBr)C(=O)[C@@]23Cl)c1. The van der Waals surface area contributed by atoms with E-state index in [1.165, 1.54) is 18.1 Å². The van der Waals surface area contributed by atoms with Crippen molar-refractivity contribution in [2.24, 2.45) is 17.8 Å². The Bertz CT molecular complexity index is 1650. The highest BCUT2D eigenvalue weighted by Crippen LogP contribution is 2.66. The van der Waals surface area contributed by atoms with Gasteiger partial charge in [0.05, 0.1) is 43.3 Å². The molecule has 1 saturated carbocycles. The number of allylic oxidation sites excluding steroid dienone is 2. The van der Waals surface area contributed by atoms with E-state index < -0.39 is 51.1 Å². The van der Waals surface area contributed by atoms with Crippen LogP contribution in [-0.4, -0.2) is 82.3 Å². The Morgan fingerprint density at radius 3 is 2.33 bits per heavy atom. The summed E-state index contributed by atoms with van der Waals surface area (Å²) in [6, 6.07) is 11.9. The van der Waals surface area contributed by atoms with E-state index in [9.17, 15) is 24.3 Å². The summed E-state index contributed by atoms with van der Waals surface area (Å²) >= 11 is 17.7. The number of alkyl halides is 3. The molecule has 4 amide bonds. The summed E-state index contributed by atoms with van der Waals surface area (Å²) in [4.78, 5) is 56.3. The van der Waals surface area contributed by atoms with Crippen molar-refractivity contribution in [2.75, 3.05) is 48.7 Å². The van der Waals surface area contributed by atoms with Crippen molar-refractivity contribution < 1.29 is 33.8 Å². The Labute approximate surface area is 277 Å². The first kappa shape index (κ1) is 30.5. The molecule has 10 nitrogen and oxygen atoms in total. The number of halogens is 3. The van der Waals surface area contributed by atoms with E-state index in [0.29, 0.717) is 30.2 Å². The smallest absolute Gasteiger partial charge is 0.254 e. The molecule has 2 aromatic rings. The van der Waals surface area contributed by atoms with Crippen molar-refractivity contribution in [3.05, 3.63) is 59.7 Å². The maximum absolute atomic E-state index is 14.3. The van der Waals surface area contributed by atoms with Gasteiger partial charge < -0.3 is 19.5 Å². The molecule has 1 N–H and O–H groups in total. The summed E-state index contributed by atoms with van der Waals surface area (Å²) < 4.78 is 10.9. The third-order valence-corrected chi connectivity index (χ3v) is 12.0. The number of ether oxygens (including phenoxy) is 2. The molecule has 236 valence electrons. The van der Waals surface area contributed by atoms with E-state index in [1.54, 1.807) is 24.3 Å². The molecule has 7 rings (SSSR count). The van der Waals surface area contributed by atoms with Crippen molar-refractivity contribution >= 4 is 74.1 Å². The van der Waals surface area contributed by atoms with Gasteiger partial charge in [0.25, 0.3) is 11.8 Å². The van der Waals surface area contributed by atoms with Crippen LogP contribution in [0.25, 0.3) is 0 Å². The van der Waals surface area contributed by atoms with E-state index in [0.717, 1.165) is 23.7 Å². The van der Waals surface area contributed by atoms with Crippen LogP contribution in [0.4, 0.5) is 11.4 Å². The Morgan fingerprint density at radius 2 is 1.67 bits per heavy atom. The van der Waals surface area contributed by atoms with Crippen LogP contribution in [-0.2, 0) is 23.9 Å². The molecule has 6 atom stereocenters. The lowest BCUT2D eigenvalue weighted by Crippen LogP contribution is -2.60. The largest absolute Gasteiger partial charge is 0.508 e. The van der Waals surface area contributed by atoms with Gasteiger partial charge in [-0.05, 0) is 61.2 Å².